The molecule has 18 heavy (non-hydrogen) atoms. The van der Waals surface area contributed by atoms with Gasteiger partial charge in [-0.15, -0.1) is 0 Å². The number of nitro groups is 1. The Morgan fingerprint density at radius 3 is 2.50 bits per heavy atom. The fourth-order valence-corrected chi connectivity index (χ4v) is 1.41. The van der Waals surface area contributed by atoms with E-state index < -0.39 is 10.9 Å². The standard InChI is InChI=1S/C11H11NO6/c1-17-8-5-3-7(4-6-9(13)14)10(12(15)16)11(8)18-2/h3-6H,1-2H3,(H,13,14). The number of carboxylic acids is 1. The van der Waals surface area contributed by atoms with Crippen molar-refractivity contribution < 1.29 is 24.3 Å². The zero-order valence-corrected chi connectivity index (χ0v) is 9.75. The second kappa shape index (κ2) is 5.67. The van der Waals surface area contributed by atoms with Crippen molar-refractivity contribution in [3.05, 3.63) is 33.9 Å². The first-order valence-electron chi connectivity index (χ1n) is 4.81. The highest BCUT2D eigenvalue weighted by Gasteiger charge is 2.23. The number of nitrogens with zero attached hydrogens (tertiary/aromatic N) is 1. The molecule has 0 amide bonds. The van der Waals surface area contributed by atoms with Crippen LogP contribution in [0.15, 0.2) is 18.2 Å². The quantitative estimate of drug-likeness (QED) is 0.487. The molecule has 0 saturated heterocycles. The second-order valence-corrected chi connectivity index (χ2v) is 3.17. The van der Waals surface area contributed by atoms with Gasteiger partial charge in [-0.05, 0) is 18.2 Å². The van der Waals surface area contributed by atoms with Crippen LogP contribution in [0.25, 0.3) is 6.08 Å². The van der Waals surface area contributed by atoms with Gasteiger partial charge in [-0.25, -0.2) is 4.79 Å². The summed E-state index contributed by atoms with van der Waals surface area (Å²) >= 11 is 0. The molecule has 0 saturated carbocycles. The summed E-state index contributed by atoms with van der Waals surface area (Å²) in [6.07, 6.45) is 1.94. The summed E-state index contributed by atoms with van der Waals surface area (Å²) in [7, 11) is 2.63. The van der Waals surface area contributed by atoms with Crippen LogP contribution in [0.2, 0.25) is 0 Å². The largest absolute Gasteiger partial charge is 0.493 e. The number of rotatable bonds is 5. The lowest BCUT2D eigenvalue weighted by Crippen LogP contribution is -1.99. The van der Waals surface area contributed by atoms with Crippen molar-refractivity contribution in [2.24, 2.45) is 0 Å². The maximum Gasteiger partial charge on any atom is 0.328 e. The first-order valence-corrected chi connectivity index (χ1v) is 4.81. The van der Waals surface area contributed by atoms with Crippen molar-refractivity contribution in [3.63, 3.8) is 0 Å². The van der Waals surface area contributed by atoms with Gasteiger partial charge in [0.25, 0.3) is 0 Å². The molecule has 0 aliphatic heterocycles. The molecular formula is C11H11NO6. The van der Waals surface area contributed by atoms with Crippen molar-refractivity contribution in [2.75, 3.05) is 14.2 Å². The minimum atomic E-state index is -1.20. The SMILES string of the molecule is COc1ccc(C=CC(=O)O)c([N+](=O)[O-])c1OC. The average molecular weight is 253 g/mol. The van der Waals surface area contributed by atoms with Crippen LogP contribution in [0, 0.1) is 10.1 Å². The molecule has 0 bridgehead atoms. The van der Waals surface area contributed by atoms with Gasteiger partial charge in [0, 0.05) is 6.08 Å². The average Bonchev–Trinajstić information content (AvgIpc) is 2.34. The Bertz CT molecular complexity index is 509. The number of ether oxygens (including phenoxy) is 2. The van der Waals surface area contributed by atoms with Gasteiger partial charge in [0.1, 0.15) is 0 Å². The fraction of sp³-hybridized carbons (Fsp3) is 0.182. The van der Waals surface area contributed by atoms with E-state index in [4.69, 9.17) is 14.6 Å². The maximum absolute atomic E-state index is 11.0. The van der Waals surface area contributed by atoms with Gasteiger partial charge < -0.3 is 14.6 Å². The lowest BCUT2D eigenvalue weighted by molar-refractivity contribution is -0.386. The summed E-state index contributed by atoms with van der Waals surface area (Å²) < 4.78 is 9.87. The predicted octanol–water partition coefficient (Wildman–Crippen LogP) is 1.71. The minimum Gasteiger partial charge on any atom is -0.493 e. The van der Waals surface area contributed by atoms with Crippen LogP contribution in [0.1, 0.15) is 5.56 Å². The molecule has 0 spiro atoms. The summed E-state index contributed by atoms with van der Waals surface area (Å²) in [4.78, 5) is 20.8. The Morgan fingerprint density at radius 2 is 2.06 bits per heavy atom. The smallest absolute Gasteiger partial charge is 0.328 e. The van der Waals surface area contributed by atoms with Gasteiger partial charge in [-0.3, -0.25) is 10.1 Å². The van der Waals surface area contributed by atoms with E-state index in [0.717, 1.165) is 12.2 Å². The highest BCUT2D eigenvalue weighted by atomic mass is 16.6. The van der Waals surface area contributed by atoms with E-state index in [-0.39, 0.29) is 22.7 Å². The van der Waals surface area contributed by atoms with Gasteiger partial charge in [-0.1, -0.05) is 0 Å². The van der Waals surface area contributed by atoms with Crippen LogP contribution < -0.4 is 9.47 Å². The summed E-state index contributed by atoms with van der Waals surface area (Å²) in [5.74, 6) is -1.04. The van der Waals surface area contributed by atoms with Gasteiger partial charge >= 0.3 is 11.7 Å². The van der Waals surface area contributed by atoms with Crippen molar-refractivity contribution in [1.29, 1.82) is 0 Å². The lowest BCUT2D eigenvalue weighted by Gasteiger charge is -2.09. The number of carboxylic acid groups (broad SMARTS) is 1. The molecule has 7 nitrogen and oxygen atoms in total. The first kappa shape index (κ1) is 13.5. The topological polar surface area (TPSA) is 98.9 Å². The Labute approximate surface area is 102 Å². The number of hydrogen-bond acceptors (Lipinski definition) is 5. The molecule has 96 valence electrons. The van der Waals surface area contributed by atoms with Gasteiger partial charge in [0.2, 0.25) is 5.75 Å². The summed E-state index contributed by atoms with van der Waals surface area (Å²) in [6, 6.07) is 2.85. The minimum absolute atomic E-state index is 0.0463. The number of hydrogen-bond donors (Lipinski definition) is 1. The van der Waals surface area contributed by atoms with Gasteiger partial charge in [0.05, 0.1) is 24.7 Å². The lowest BCUT2D eigenvalue weighted by atomic mass is 10.1. The molecular weight excluding hydrogens is 242 g/mol. The summed E-state index contributed by atoms with van der Waals surface area (Å²) in [5, 5.41) is 19.5. The first-order chi connectivity index (χ1) is 8.51. The highest BCUT2D eigenvalue weighted by Crippen LogP contribution is 2.39. The molecule has 0 aromatic heterocycles. The maximum atomic E-state index is 11.0. The van der Waals surface area contributed by atoms with Crippen LogP contribution in [0.3, 0.4) is 0 Å². The fourth-order valence-electron chi connectivity index (χ4n) is 1.41. The third-order valence-electron chi connectivity index (χ3n) is 2.14. The predicted molar refractivity (Wildman–Crippen MR) is 62.9 cm³/mol. The molecule has 1 aromatic rings. The molecule has 0 aliphatic rings. The Balaban J connectivity index is 3.44. The number of aliphatic carboxylic acids is 1. The molecule has 1 N–H and O–H groups in total. The third kappa shape index (κ3) is 2.76. The molecule has 1 aromatic carbocycles. The number of benzene rings is 1. The number of nitro benzene ring substituents is 1. The third-order valence-corrected chi connectivity index (χ3v) is 2.14. The zero-order chi connectivity index (χ0) is 13.7. The Kier molecular flexibility index (Phi) is 4.25. The molecule has 0 aliphatic carbocycles. The van der Waals surface area contributed by atoms with E-state index in [9.17, 15) is 14.9 Å². The van der Waals surface area contributed by atoms with E-state index in [0.29, 0.717) is 0 Å². The summed E-state index contributed by atoms with van der Waals surface area (Å²) in [6.45, 7) is 0. The van der Waals surface area contributed by atoms with Crippen LogP contribution in [0.5, 0.6) is 11.5 Å². The zero-order valence-electron chi connectivity index (χ0n) is 9.75. The normalized spacial score (nSPS) is 10.3. The van der Waals surface area contributed by atoms with Crippen molar-refractivity contribution in [2.45, 2.75) is 0 Å². The molecule has 0 radical (unpaired) electrons. The molecule has 0 atom stereocenters. The molecule has 0 heterocycles. The molecule has 0 unspecified atom stereocenters. The van der Waals surface area contributed by atoms with E-state index in [1.165, 1.54) is 26.4 Å². The number of carbonyl (C=O) groups is 1. The molecule has 1 rings (SSSR count). The highest BCUT2D eigenvalue weighted by molar-refractivity contribution is 5.87. The molecule has 7 heteroatoms. The van der Waals surface area contributed by atoms with E-state index in [2.05, 4.69) is 0 Å². The van der Waals surface area contributed by atoms with Crippen molar-refractivity contribution in [1.82, 2.24) is 0 Å². The van der Waals surface area contributed by atoms with Gasteiger partial charge in [-0.2, -0.15) is 0 Å². The van der Waals surface area contributed by atoms with E-state index >= 15 is 0 Å². The van der Waals surface area contributed by atoms with Crippen LogP contribution in [0.4, 0.5) is 5.69 Å². The van der Waals surface area contributed by atoms with E-state index in [1.807, 2.05) is 0 Å². The van der Waals surface area contributed by atoms with Crippen LogP contribution >= 0.6 is 0 Å². The number of methoxy groups -OCH3 is 2. The molecule has 0 fully saturated rings. The van der Waals surface area contributed by atoms with Gasteiger partial charge in [0.15, 0.2) is 5.75 Å². The van der Waals surface area contributed by atoms with Crippen molar-refractivity contribution in [3.8, 4) is 11.5 Å². The Morgan fingerprint density at radius 1 is 1.39 bits per heavy atom. The van der Waals surface area contributed by atoms with Crippen LogP contribution in [-0.4, -0.2) is 30.2 Å². The monoisotopic (exact) mass is 253 g/mol. The second-order valence-electron chi connectivity index (χ2n) is 3.17. The Hall–Kier alpha value is -2.57. The van der Waals surface area contributed by atoms with Crippen molar-refractivity contribution >= 4 is 17.7 Å². The van der Waals surface area contributed by atoms with E-state index in [1.54, 1.807) is 0 Å². The summed E-state index contributed by atoms with van der Waals surface area (Å²) in [5.41, 5.74) is -0.214. The van der Waals surface area contributed by atoms with Crippen LogP contribution in [-0.2, 0) is 4.79 Å².